The van der Waals surface area contributed by atoms with Gasteiger partial charge in [-0.2, -0.15) is 0 Å². The molecule has 2 aliphatic heterocycles. The van der Waals surface area contributed by atoms with Crippen LogP contribution in [-0.2, 0) is 9.59 Å². The molecule has 8 heteroatoms. The fourth-order valence-electron chi connectivity index (χ4n) is 3.29. The largest absolute Gasteiger partial charge is 0.324 e. The Kier molecular flexibility index (Phi) is 5.66. The first-order valence-corrected chi connectivity index (χ1v) is 10.9. The van der Waals surface area contributed by atoms with Crippen molar-refractivity contribution in [2.45, 2.75) is 32.1 Å². The molecule has 4 rings (SSSR count). The van der Waals surface area contributed by atoms with E-state index in [-0.39, 0.29) is 17.7 Å². The van der Waals surface area contributed by atoms with Gasteiger partial charge in [0.05, 0.1) is 21.6 Å². The van der Waals surface area contributed by atoms with Crippen LogP contribution in [0.4, 0.5) is 11.4 Å². The Hall–Kier alpha value is -2.64. The maximum Gasteiger partial charge on any atom is 0.259 e. The van der Waals surface area contributed by atoms with Crippen LogP contribution in [0.5, 0.6) is 0 Å². The maximum absolute atomic E-state index is 13.1. The molecule has 0 radical (unpaired) electrons. The Labute approximate surface area is 184 Å². The first kappa shape index (κ1) is 20.6. The first-order valence-electron chi connectivity index (χ1n) is 9.68. The predicted molar refractivity (Wildman–Crippen MR) is 123 cm³/mol. The Morgan fingerprint density at radius 2 is 1.83 bits per heavy atom. The van der Waals surface area contributed by atoms with Gasteiger partial charge in [-0.3, -0.25) is 14.6 Å². The highest BCUT2D eigenvalue weighted by atomic mass is 35.5. The van der Waals surface area contributed by atoms with Crippen LogP contribution >= 0.6 is 23.4 Å². The van der Waals surface area contributed by atoms with Gasteiger partial charge in [0.1, 0.15) is 11.9 Å². The summed E-state index contributed by atoms with van der Waals surface area (Å²) in [7, 11) is 0. The second-order valence-corrected chi connectivity index (χ2v) is 9.17. The molecule has 2 aliphatic rings. The molecule has 0 fully saturated rings. The van der Waals surface area contributed by atoms with Crippen LogP contribution in [-0.4, -0.2) is 39.0 Å². The number of thioether (sulfide) groups is 1. The van der Waals surface area contributed by atoms with E-state index in [4.69, 9.17) is 16.6 Å². The van der Waals surface area contributed by atoms with Gasteiger partial charge < -0.3 is 5.32 Å². The number of carbonyl (C=O) groups is 2. The number of halogens is 1. The quantitative estimate of drug-likeness (QED) is 0.747. The number of nitrogens with one attached hydrogen (secondary N) is 1. The Morgan fingerprint density at radius 1 is 1.13 bits per heavy atom. The van der Waals surface area contributed by atoms with Gasteiger partial charge >= 0.3 is 0 Å². The van der Waals surface area contributed by atoms with Crippen molar-refractivity contribution < 1.29 is 9.59 Å². The highest BCUT2D eigenvalue weighted by Gasteiger charge is 2.43. The average molecular weight is 441 g/mol. The normalized spacial score (nSPS) is 18.5. The van der Waals surface area contributed by atoms with Gasteiger partial charge in [-0.05, 0) is 37.1 Å². The molecule has 154 valence electrons. The van der Waals surface area contributed by atoms with E-state index in [1.54, 1.807) is 36.1 Å². The predicted octanol–water partition coefficient (Wildman–Crippen LogP) is 4.71. The van der Waals surface area contributed by atoms with E-state index in [9.17, 15) is 9.59 Å². The number of anilines is 1. The third-order valence-corrected chi connectivity index (χ3v) is 6.30. The molecule has 2 aromatic rings. The lowest BCUT2D eigenvalue weighted by Gasteiger charge is -2.27. The zero-order chi connectivity index (χ0) is 21.4. The number of aliphatic imine (C=N–C) groups is 2. The molecule has 0 bridgehead atoms. The van der Waals surface area contributed by atoms with Crippen molar-refractivity contribution in [2.24, 2.45) is 15.9 Å². The lowest BCUT2D eigenvalue weighted by molar-refractivity contribution is -0.125. The summed E-state index contributed by atoms with van der Waals surface area (Å²) < 4.78 is 0. The van der Waals surface area contributed by atoms with E-state index in [0.717, 1.165) is 11.3 Å². The molecule has 30 heavy (non-hydrogen) atoms. The molecular formula is C22H21ClN4O2S. The summed E-state index contributed by atoms with van der Waals surface area (Å²) in [6.07, 6.45) is 0. The molecule has 0 unspecified atom stereocenters. The number of fused-ring (bicyclic) bond motifs is 3. The van der Waals surface area contributed by atoms with Crippen molar-refractivity contribution in [1.82, 2.24) is 4.90 Å². The van der Waals surface area contributed by atoms with E-state index in [1.807, 2.05) is 38.1 Å². The maximum atomic E-state index is 13.1. The standard InChI is InChI=1S/C22H21ClN4O2S/c1-12(2)18-21(29)27-19(26-18)14-8-4-6-10-16(14)25-22(27)30-13(3)20(28)24-17-11-7-5-9-15(17)23/h4-13,18H,1-3H3,(H,24,28)/t13-,18+/m1/s1. The number of hydrogen-bond acceptors (Lipinski definition) is 5. The molecule has 1 N–H and O–H groups in total. The van der Waals surface area contributed by atoms with Crippen LogP contribution in [0.3, 0.4) is 0 Å². The molecule has 2 heterocycles. The van der Waals surface area contributed by atoms with E-state index < -0.39 is 11.3 Å². The van der Waals surface area contributed by atoms with Gasteiger partial charge in [-0.25, -0.2) is 9.89 Å². The number of carbonyl (C=O) groups excluding carboxylic acids is 2. The SMILES string of the molecule is CC(C)[C@@H]1N=C2c3ccccc3N=C(S[C@H](C)C(=O)Nc3ccccc3Cl)N2C1=O. The van der Waals surface area contributed by atoms with Crippen LogP contribution in [0.25, 0.3) is 0 Å². The highest BCUT2D eigenvalue weighted by molar-refractivity contribution is 8.15. The molecule has 2 atom stereocenters. The van der Waals surface area contributed by atoms with Gasteiger partial charge in [0.2, 0.25) is 5.91 Å². The van der Waals surface area contributed by atoms with Crippen molar-refractivity contribution in [1.29, 1.82) is 0 Å². The fourth-order valence-corrected chi connectivity index (χ4v) is 4.39. The lowest BCUT2D eigenvalue weighted by Crippen LogP contribution is -2.43. The van der Waals surface area contributed by atoms with E-state index in [1.165, 1.54) is 11.8 Å². The molecule has 0 aromatic heterocycles. The second-order valence-electron chi connectivity index (χ2n) is 7.46. The van der Waals surface area contributed by atoms with Crippen LogP contribution in [0, 0.1) is 5.92 Å². The van der Waals surface area contributed by atoms with Crippen LogP contribution in [0.2, 0.25) is 5.02 Å². The smallest absolute Gasteiger partial charge is 0.259 e. The van der Waals surface area contributed by atoms with Crippen LogP contribution in [0.1, 0.15) is 26.3 Å². The van der Waals surface area contributed by atoms with Crippen molar-refractivity contribution in [3.63, 3.8) is 0 Å². The molecule has 0 saturated carbocycles. The number of hydrogen-bond donors (Lipinski definition) is 1. The average Bonchev–Trinajstić information content (AvgIpc) is 3.08. The van der Waals surface area contributed by atoms with Gasteiger partial charge in [0.15, 0.2) is 5.17 Å². The molecule has 0 aliphatic carbocycles. The molecule has 6 nitrogen and oxygen atoms in total. The summed E-state index contributed by atoms with van der Waals surface area (Å²) in [6.45, 7) is 5.72. The third-order valence-electron chi connectivity index (χ3n) is 4.91. The minimum atomic E-state index is -0.502. The van der Waals surface area contributed by atoms with E-state index in [0.29, 0.717) is 21.7 Å². The minimum absolute atomic E-state index is 0.0648. The summed E-state index contributed by atoms with van der Waals surface area (Å²) in [4.78, 5) is 36.8. The number of amides is 2. The highest BCUT2D eigenvalue weighted by Crippen LogP contribution is 2.36. The number of benzene rings is 2. The second kappa shape index (κ2) is 8.24. The summed E-state index contributed by atoms with van der Waals surface area (Å²) in [6, 6.07) is 14.2. The number of amidine groups is 2. The lowest BCUT2D eigenvalue weighted by atomic mass is 10.1. The van der Waals surface area contributed by atoms with Gasteiger partial charge in [-0.1, -0.05) is 61.5 Å². The summed E-state index contributed by atoms with van der Waals surface area (Å²) in [5.74, 6) is 0.333. The summed E-state index contributed by atoms with van der Waals surface area (Å²) in [5.41, 5.74) is 2.12. The van der Waals surface area contributed by atoms with Crippen LogP contribution in [0.15, 0.2) is 58.5 Å². The van der Waals surface area contributed by atoms with Crippen LogP contribution < -0.4 is 5.32 Å². The van der Waals surface area contributed by atoms with Gasteiger partial charge in [-0.15, -0.1) is 0 Å². The fraction of sp³-hybridized carbons (Fsp3) is 0.273. The minimum Gasteiger partial charge on any atom is -0.324 e. The Morgan fingerprint density at radius 3 is 2.57 bits per heavy atom. The monoisotopic (exact) mass is 440 g/mol. The third kappa shape index (κ3) is 3.75. The topological polar surface area (TPSA) is 74.1 Å². The van der Waals surface area contributed by atoms with Gasteiger partial charge in [0.25, 0.3) is 5.91 Å². The Balaban J connectivity index is 1.61. The number of nitrogens with zero attached hydrogens (tertiary/aromatic N) is 3. The number of para-hydroxylation sites is 2. The summed E-state index contributed by atoms with van der Waals surface area (Å²) >= 11 is 7.38. The zero-order valence-corrected chi connectivity index (χ0v) is 18.4. The molecular weight excluding hydrogens is 420 g/mol. The van der Waals surface area contributed by atoms with Gasteiger partial charge in [0, 0.05) is 5.56 Å². The first-order chi connectivity index (χ1) is 14.4. The molecule has 2 amide bonds. The molecule has 0 spiro atoms. The zero-order valence-electron chi connectivity index (χ0n) is 16.8. The van der Waals surface area contributed by atoms with Crippen molar-refractivity contribution in [2.75, 3.05) is 5.32 Å². The molecule has 2 aromatic carbocycles. The van der Waals surface area contributed by atoms with E-state index in [2.05, 4.69) is 10.3 Å². The van der Waals surface area contributed by atoms with Crippen molar-refractivity contribution in [3.05, 3.63) is 59.1 Å². The summed E-state index contributed by atoms with van der Waals surface area (Å²) in [5, 5.41) is 3.26. The molecule has 0 saturated heterocycles. The Bertz CT molecular complexity index is 1080. The van der Waals surface area contributed by atoms with Crippen molar-refractivity contribution >= 4 is 57.6 Å². The number of rotatable bonds is 4. The van der Waals surface area contributed by atoms with Crippen molar-refractivity contribution in [3.8, 4) is 0 Å². The van der Waals surface area contributed by atoms with E-state index >= 15 is 0 Å².